The number of hydrogen-bond donors (Lipinski definition) is 2. The summed E-state index contributed by atoms with van der Waals surface area (Å²) in [4.78, 5) is 13.5. The summed E-state index contributed by atoms with van der Waals surface area (Å²) in [5, 5.41) is 8.54. The molecule has 30 heavy (non-hydrogen) atoms. The van der Waals surface area contributed by atoms with Gasteiger partial charge in [0.2, 0.25) is 10.0 Å². The molecule has 158 valence electrons. The molecule has 1 fully saturated rings. The van der Waals surface area contributed by atoms with Crippen LogP contribution in [0.5, 0.6) is 0 Å². The van der Waals surface area contributed by atoms with E-state index >= 15 is 0 Å². The van der Waals surface area contributed by atoms with E-state index in [2.05, 4.69) is 17.1 Å². The van der Waals surface area contributed by atoms with E-state index in [1.165, 1.54) is 21.9 Å². The number of piperazine rings is 1. The van der Waals surface area contributed by atoms with Gasteiger partial charge in [0.15, 0.2) is 0 Å². The molecule has 0 unspecified atom stereocenters. The van der Waals surface area contributed by atoms with Gasteiger partial charge < -0.3 is 0 Å². The highest BCUT2D eigenvalue weighted by atomic mass is 32.2. The lowest BCUT2D eigenvalue weighted by molar-refractivity contribution is -0.124. The highest BCUT2D eigenvalue weighted by molar-refractivity contribution is 7.89. The largest absolute Gasteiger partial charge is 0.297 e. The lowest BCUT2D eigenvalue weighted by Crippen LogP contribution is -2.48. The van der Waals surface area contributed by atoms with Crippen LogP contribution in [-0.4, -0.2) is 61.5 Å². The van der Waals surface area contributed by atoms with Gasteiger partial charge in [-0.05, 0) is 29.3 Å². The van der Waals surface area contributed by atoms with Gasteiger partial charge in [-0.3, -0.25) is 14.9 Å². The Kier molecular flexibility index (Phi) is 7.53. The van der Waals surface area contributed by atoms with Gasteiger partial charge in [0.05, 0.1) is 4.90 Å². The first kappa shape index (κ1) is 21.9. The summed E-state index contributed by atoms with van der Waals surface area (Å²) in [5.74, 6) is -0.680. The first-order valence-electron chi connectivity index (χ1n) is 9.65. The van der Waals surface area contributed by atoms with Crippen LogP contribution in [0.2, 0.25) is 0 Å². The Morgan fingerprint density at radius 1 is 0.967 bits per heavy atom. The molecule has 8 heteroatoms. The Bertz CT molecular complexity index is 1010. The van der Waals surface area contributed by atoms with E-state index in [1.54, 1.807) is 18.2 Å². The van der Waals surface area contributed by atoms with Gasteiger partial charge in [-0.25, -0.2) is 13.9 Å². The maximum atomic E-state index is 13.0. The molecular weight excluding hydrogens is 402 g/mol. The van der Waals surface area contributed by atoms with Crippen molar-refractivity contribution in [1.82, 2.24) is 14.7 Å². The molecule has 0 spiro atoms. The minimum Gasteiger partial charge on any atom is -0.297 e. The third-order valence-electron chi connectivity index (χ3n) is 4.84. The number of benzene rings is 2. The number of sulfonamides is 1. The molecule has 0 aliphatic carbocycles. The van der Waals surface area contributed by atoms with Crippen molar-refractivity contribution in [1.29, 1.82) is 0 Å². The van der Waals surface area contributed by atoms with Gasteiger partial charge in [-0.1, -0.05) is 54.6 Å². The molecule has 1 heterocycles. The summed E-state index contributed by atoms with van der Waals surface area (Å²) in [5.41, 5.74) is 3.20. The van der Waals surface area contributed by atoms with Crippen LogP contribution in [-0.2, 0) is 14.8 Å². The first-order valence-corrected chi connectivity index (χ1v) is 11.1. The smallest absolute Gasteiger partial charge is 0.267 e. The van der Waals surface area contributed by atoms with Gasteiger partial charge in [0, 0.05) is 38.8 Å². The van der Waals surface area contributed by atoms with Crippen molar-refractivity contribution in [3.63, 3.8) is 0 Å². The molecule has 1 aliphatic rings. The predicted molar refractivity (Wildman–Crippen MR) is 116 cm³/mol. The predicted octanol–water partition coefficient (Wildman–Crippen LogP) is 2.22. The van der Waals surface area contributed by atoms with Crippen molar-refractivity contribution in [3.05, 3.63) is 77.9 Å². The summed E-state index contributed by atoms with van der Waals surface area (Å²) in [7, 11) is -3.61. The monoisotopic (exact) mass is 427 g/mol. The molecule has 1 saturated heterocycles. The standard InChI is InChI=1S/C22H25N3O4S/c26-22(23-27)12-11-20-8-4-10-21(18-20)30(28,29)25-16-14-24(15-17-25)13-5-9-19-6-2-1-3-7-19/h1-12,18,27H,13-17H2,(H,23,26)/b9-5+,12-11+. The van der Waals surface area contributed by atoms with E-state index < -0.39 is 15.9 Å². The molecular formula is C22H25N3O4S. The van der Waals surface area contributed by atoms with Gasteiger partial charge in [0.1, 0.15) is 0 Å². The number of rotatable bonds is 7. The summed E-state index contributed by atoms with van der Waals surface area (Å²) in [6.45, 7) is 2.95. The highest BCUT2D eigenvalue weighted by Crippen LogP contribution is 2.19. The van der Waals surface area contributed by atoms with Crippen LogP contribution in [0, 0.1) is 0 Å². The van der Waals surface area contributed by atoms with Crippen LogP contribution in [0.4, 0.5) is 0 Å². The average Bonchev–Trinajstić information content (AvgIpc) is 2.78. The molecule has 2 aromatic rings. The van der Waals surface area contributed by atoms with E-state index in [0.717, 1.165) is 18.2 Å². The van der Waals surface area contributed by atoms with Crippen molar-refractivity contribution in [2.45, 2.75) is 4.90 Å². The first-order chi connectivity index (χ1) is 14.5. The Labute approximate surface area is 176 Å². The summed E-state index contributed by atoms with van der Waals surface area (Å²) < 4.78 is 27.5. The molecule has 2 aromatic carbocycles. The third-order valence-corrected chi connectivity index (χ3v) is 6.73. The van der Waals surface area contributed by atoms with Gasteiger partial charge >= 0.3 is 0 Å². The van der Waals surface area contributed by atoms with Crippen molar-refractivity contribution >= 4 is 28.1 Å². The molecule has 0 saturated carbocycles. The van der Waals surface area contributed by atoms with E-state index in [-0.39, 0.29) is 4.90 Å². The summed E-state index contributed by atoms with van der Waals surface area (Å²) in [6.07, 6.45) is 6.74. The number of amides is 1. The van der Waals surface area contributed by atoms with Crippen LogP contribution in [0.1, 0.15) is 11.1 Å². The van der Waals surface area contributed by atoms with Gasteiger partial charge in [-0.2, -0.15) is 4.31 Å². The number of carbonyl (C=O) groups is 1. The lowest BCUT2D eigenvalue weighted by Gasteiger charge is -2.33. The molecule has 0 aromatic heterocycles. The SMILES string of the molecule is O=C(/C=C/c1cccc(S(=O)(=O)N2CCN(C/C=C/c3ccccc3)CC2)c1)NO. The van der Waals surface area contributed by atoms with Gasteiger partial charge in [0.25, 0.3) is 5.91 Å². The fraction of sp³-hybridized carbons (Fsp3) is 0.227. The van der Waals surface area contributed by atoms with Crippen molar-refractivity contribution in [3.8, 4) is 0 Å². The minimum atomic E-state index is -3.61. The second kappa shape index (κ2) is 10.3. The topological polar surface area (TPSA) is 90.0 Å². The number of carbonyl (C=O) groups excluding carboxylic acids is 1. The quantitative estimate of drug-likeness (QED) is 0.402. The van der Waals surface area contributed by atoms with Crippen LogP contribution in [0.3, 0.4) is 0 Å². The molecule has 1 aliphatic heterocycles. The maximum absolute atomic E-state index is 13.0. The molecule has 0 radical (unpaired) electrons. The Balaban J connectivity index is 1.58. The van der Waals surface area contributed by atoms with Crippen LogP contribution >= 0.6 is 0 Å². The maximum Gasteiger partial charge on any atom is 0.267 e. The van der Waals surface area contributed by atoms with Crippen molar-refractivity contribution in [2.24, 2.45) is 0 Å². The molecule has 2 N–H and O–H groups in total. The zero-order chi connectivity index (χ0) is 21.4. The second-order valence-corrected chi connectivity index (χ2v) is 8.84. The molecule has 7 nitrogen and oxygen atoms in total. The number of hydroxylamine groups is 1. The molecule has 0 bridgehead atoms. The number of nitrogens with zero attached hydrogens (tertiary/aromatic N) is 2. The Morgan fingerprint density at radius 2 is 1.67 bits per heavy atom. The summed E-state index contributed by atoms with van der Waals surface area (Å²) >= 11 is 0. The van der Waals surface area contributed by atoms with Gasteiger partial charge in [-0.15, -0.1) is 0 Å². The normalized spacial score (nSPS) is 16.3. The van der Waals surface area contributed by atoms with Crippen LogP contribution < -0.4 is 5.48 Å². The molecule has 0 atom stereocenters. The van der Waals surface area contributed by atoms with Crippen LogP contribution in [0.25, 0.3) is 12.2 Å². The van der Waals surface area contributed by atoms with E-state index in [0.29, 0.717) is 31.7 Å². The fourth-order valence-corrected chi connectivity index (χ4v) is 4.67. The third kappa shape index (κ3) is 5.87. The number of hydrogen-bond acceptors (Lipinski definition) is 5. The average molecular weight is 428 g/mol. The Hall–Kier alpha value is -2.78. The lowest BCUT2D eigenvalue weighted by atomic mass is 10.2. The minimum absolute atomic E-state index is 0.187. The number of nitrogens with one attached hydrogen (secondary N) is 1. The van der Waals surface area contributed by atoms with E-state index in [1.807, 2.05) is 30.3 Å². The molecule has 3 rings (SSSR count). The van der Waals surface area contributed by atoms with E-state index in [9.17, 15) is 13.2 Å². The fourth-order valence-electron chi connectivity index (χ4n) is 3.19. The van der Waals surface area contributed by atoms with Crippen LogP contribution in [0.15, 0.2) is 71.6 Å². The Morgan fingerprint density at radius 3 is 2.37 bits per heavy atom. The zero-order valence-electron chi connectivity index (χ0n) is 16.5. The van der Waals surface area contributed by atoms with E-state index in [4.69, 9.17) is 5.21 Å². The highest BCUT2D eigenvalue weighted by Gasteiger charge is 2.28. The zero-order valence-corrected chi connectivity index (χ0v) is 17.3. The van der Waals surface area contributed by atoms with Crippen molar-refractivity contribution < 1.29 is 18.4 Å². The summed E-state index contributed by atoms with van der Waals surface area (Å²) in [6, 6.07) is 16.4. The second-order valence-electron chi connectivity index (χ2n) is 6.90. The van der Waals surface area contributed by atoms with Crippen molar-refractivity contribution in [2.75, 3.05) is 32.7 Å². The molecule has 1 amide bonds.